The van der Waals surface area contributed by atoms with Gasteiger partial charge in [0.2, 0.25) is 10.7 Å². The minimum absolute atomic E-state index is 0.149. The van der Waals surface area contributed by atoms with Crippen LogP contribution in [0.2, 0.25) is 0 Å². The number of fused-ring (bicyclic) bond motifs is 1. The van der Waals surface area contributed by atoms with E-state index in [-0.39, 0.29) is 10.8 Å². The van der Waals surface area contributed by atoms with Gasteiger partial charge >= 0.3 is 0 Å². The molecule has 2 aromatic carbocycles. The highest BCUT2D eigenvalue weighted by molar-refractivity contribution is 7.90. The molecule has 3 aromatic rings. The first-order valence-electron chi connectivity index (χ1n) is 9.16. The zero-order chi connectivity index (χ0) is 21.0. The predicted molar refractivity (Wildman–Crippen MR) is 115 cm³/mol. The normalized spacial score (nSPS) is 12.4. The number of hydrogen-bond acceptors (Lipinski definition) is 5. The summed E-state index contributed by atoms with van der Waals surface area (Å²) in [6.07, 6.45) is 0. The molecule has 1 amide bonds. The first-order chi connectivity index (χ1) is 13.8. The van der Waals surface area contributed by atoms with Gasteiger partial charge in [0.15, 0.2) is 0 Å². The maximum atomic E-state index is 12.8. The number of nitrogens with one attached hydrogen (secondary N) is 1. The van der Waals surface area contributed by atoms with Crippen LogP contribution in [0.4, 0.5) is 5.69 Å². The lowest BCUT2D eigenvalue weighted by Crippen LogP contribution is -2.20. The molecule has 7 nitrogen and oxygen atoms in total. The van der Waals surface area contributed by atoms with Gasteiger partial charge in [0, 0.05) is 25.8 Å². The summed E-state index contributed by atoms with van der Waals surface area (Å²) in [5.41, 5.74) is 2.46. The summed E-state index contributed by atoms with van der Waals surface area (Å²) in [4.78, 5) is 11.8. The molecule has 0 spiro atoms. The van der Waals surface area contributed by atoms with Crippen molar-refractivity contribution >= 4 is 43.2 Å². The van der Waals surface area contributed by atoms with Crippen LogP contribution < -0.4 is 10.1 Å². The fourth-order valence-corrected chi connectivity index (χ4v) is 5.10. The van der Waals surface area contributed by atoms with Crippen molar-refractivity contribution in [1.82, 2.24) is 4.57 Å². The number of ether oxygens (including phenoxy) is 1. The molecule has 0 atom stereocenters. The number of carbonyl (C=O) groups is 1. The highest BCUT2D eigenvalue weighted by Crippen LogP contribution is 2.23. The number of benzene rings is 2. The molecule has 0 aliphatic heterocycles. The monoisotopic (exact) mass is 433 g/mol. The Morgan fingerprint density at radius 1 is 1.21 bits per heavy atom. The van der Waals surface area contributed by atoms with E-state index >= 15 is 0 Å². The van der Waals surface area contributed by atoms with Crippen LogP contribution in [-0.2, 0) is 26.1 Å². The van der Waals surface area contributed by atoms with Crippen LogP contribution in [0, 0.1) is 6.92 Å². The maximum Gasteiger partial charge on any atom is 0.285 e. The van der Waals surface area contributed by atoms with Gasteiger partial charge in [-0.25, -0.2) is 0 Å². The average Bonchev–Trinajstić information content (AvgIpc) is 2.97. The first-order valence-corrected chi connectivity index (χ1v) is 11.4. The zero-order valence-corrected chi connectivity index (χ0v) is 18.1. The van der Waals surface area contributed by atoms with Gasteiger partial charge in [-0.2, -0.15) is 8.42 Å². The molecule has 0 bridgehead atoms. The Morgan fingerprint density at radius 2 is 1.93 bits per heavy atom. The number of thiazole rings is 1. The van der Waals surface area contributed by atoms with Gasteiger partial charge in [-0.05, 0) is 44.2 Å². The Labute approximate surface area is 173 Å². The van der Waals surface area contributed by atoms with E-state index in [1.807, 2.05) is 30.5 Å². The van der Waals surface area contributed by atoms with E-state index < -0.39 is 10.0 Å². The Kier molecular flexibility index (Phi) is 6.51. The molecular weight excluding hydrogens is 410 g/mol. The molecule has 0 aliphatic carbocycles. The van der Waals surface area contributed by atoms with E-state index in [0.717, 1.165) is 15.8 Å². The Bertz CT molecular complexity index is 1190. The molecule has 1 aromatic heterocycles. The van der Waals surface area contributed by atoms with E-state index in [2.05, 4.69) is 9.71 Å². The van der Waals surface area contributed by atoms with E-state index in [0.29, 0.717) is 30.2 Å². The standard InChI is InChI=1S/C20H23N3O4S2/c1-4-27-12-11-23-18-10-7-16(21-15(3)24)13-19(18)28-20(23)22-29(25,26)17-8-5-14(2)6-9-17/h5-10,13H,4,11-12H2,1-3H3,(H,21,24). The van der Waals surface area contributed by atoms with Crippen molar-refractivity contribution in [2.24, 2.45) is 4.40 Å². The van der Waals surface area contributed by atoms with Crippen molar-refractivity contribution in [2.75, 3.05) is 18.5 Å². The van der Waals surface area contributed by atoms with Crippen LogP contribution in [0.15, 0.2) is 51.8 Å². The van der Waals surface area contributed by atoms with Gasteiger partial charge in [-0.1, -0.05) is 29.0 Å². The van der Waals surface area contributed by atoms with Gasteiger partial charge in [0.25, 0.3) is 10.0 Å². The summed E-state index contributed by atoms with van der Waals surface area (Å²) in [5, 5.41) is 2.74. The summed E-state index contributed by atoms with van der Waals surface area (Å²) in [6, 6.07) is 12.1. The van der Waals surface area contributed by atoms with Crippen molar-refractivity contribution in [3.63, 3.8) is 0 Å². The summed E-state index contributed by atoms with van der Waals surface area (Å²) < 4.78 is 37.9. The van der Waals surface area contributed by atoms with Crippen molar-refractivity contribution in [1.29, 1.82) is 0 Å². The number of amides is 1. The van der Waals surface area contributed by atoms with Crippen LogP contribution in [0.3, 0.4) is 0 Å². The molecule has 3 rings (SSSR count). The van der Waals surface area contributed by atoms with Gasteiger partial charge in [0.05, 0.1) is 21.7 Å². The van der Waals surface area contributed by atoms with Crippen molar-refractivity contribution in [3.05, 3.63) is 52.8 Å². The lowest BCUT2D eigenvalue weighted by atomic mass is 10.2. The third kappa shape index (κ3) is 5.11. The molecule has 9 heteroatoms. The Balaban J connectivity index is 2.12. The Morgan fingerprint density at radius 3 is 2.59 bits per heavy atom. The molecule has 0 aliphatic rings. The molecule has 154 valence electrons. The zero-order valence-electron chi connectivity index (χ0n) is 16.5. The number of aromatic nitrogens is 1. The van der Waals surface area contributed by atoms with E-state index in [1.54, 1.807) is 30.3 Å². The predicted octanol–water partition coefficient (Wildman–Crippen LogP) is 3.30. The van der Waals surface area contributed by atoms with Crippen LogP contribution in [0.25, 0.3) is 10.2 Å². The lowest BCUT2D eigenvalue weighted by Gasteiger charge is -2.07. The fraction of sp³-hybridized carbons (Fsp3) is 0.300. The number of nitrogens with zero attached hydrogens (tertiary/aromatic N) is 2. The summed E-state index contributed by atoms with van der Waals surface area (Å²) in [5.74, 6) is -0.169. The minimum Gasteiger partial charge on any atom is -0.380 e. The SMILES string of the molecule is CCOCCn1c(=NS(=O)(=O)c2ccc(C)cc2)sc2cc(NC(C)=O)ccc21. The van der Waals surface area contributed by atoms with E-state index in [4.69, 9.17) is 4.74 Å². The number of sulfonamides is 1. The smallest absolute Gasteiger partial charge is 0.285 e. The number of hydrogen-bond donors (Lipinski definition) is 1. The lowest BCUT2D eigenvalue weighted by molar-refractivity contribution is -0.114. The second-order valence-corrected chi connectivity index (χ2v) is 9.09. The summed E-state index contributed by atoms with van der Waals surface area (Å²) in [7, 11) is -3.86. The topological polar surface area (TPSA) is 89.8 Å². The third-order valence-corrected chi connectivity index (χ3v) is 6.62. The molecule has 0 fully saturated rings. The number of carbonyl (C=O) groups excluding carboxylic acids is 1. The first kappa shape index (κ1) is 21.2. The van der Waals surface area contributed by atoms with Crippen molar-refractivity contribution in [2.45, 2.75) is 32.2 Å². The molecule has 0 saturated carbocycles. The molecule has 1 N–H and O–H groups in total. The van der Waals surface area contributed by atoms with Crippen molar-refractivity contribution < 1.29 is 17.9 Å². The van der Waals surface area contributed by atoms with E-state index in [1.165, 1.54) is 18.3 Å². The van der Waals surface area contributed by atoms with Crippen LogP contribution in [0.5, 0.6) is 0 Å². The highest BCUT2D eigenvalue weighted by atomic mass is 32.2. The molecule has 1 heterocycles. The average molecular weight is 434 g/mol. The van der Waals surface area contributed by atoms with Gasteiger partial charge in [-0.3, -0.25) is 4.79 Å². The van der Waals surface area contributed by atoms with Crippen molar-refractivity contribution in [3.8, 4) is 0 Å². The highest BCUT2D eigenvalue weighted by Gasteiger charge is 2.15. The second-order valence-electron chi connectivity index (χ2n) is 6.48. The van der Waals surface area contributed by atoms with E-state index in [9.17, 15) is 13.2 Å². The molecule has 29 heavy (non-hydrogen) atoms. The van der Waals surface area contributed by atoms with Gasteiger partial charge in [0.1, 0.15) is 0 Å². The molecule has 0 saturated heterocycles. The Hall–Kier alpha value is -2.49. The van der Waals surface area contributed by atoms with Gasteiger partial charge < -0.3 is 14.6 Å². The fourth-order valence-electron chi connectivity index (χ4n) is 2.81. The third-order valence-electron chi connectivity index (χ3n) is 4.18. The quantitative estimate of drug-likeness (QED) is 0.579. The summed E-state index contributed by atoms with van der Waals surface area (Å²) in [6.45, 7) is 6.72. The van der Waals surface area contributed by atoms with Crippen LogP contribution in [-0.4, -0.2) is 32.1 Å². The maximum absolute atomic E-state index is 12.8. The minimum atomic E-state index is -3.86. The number of rotatable bonds is 7. The number of anilines is 1. The molecular formula is C20H23N3O4S2. The molecule has 0 unspecified atom stereocenters. The number of aryl methyl sites for hydroxylation is 1. The second kappa shape index (κ2) is 8.89. The summed E-state index contributed by atoms with van der Waals surface area (Å²) >= 11 is 1.26. The van der Waals surface area contributed by atoms with Gasteiger partial charge in [-0.15, -0.1) is 4.40 Å². The van der Waals surface area contributed by atoms with Crippen LogP contribution in [0.1, 0.15) is 19.4 Å². The largest absolute Gasteiger partial charge is 0.380 e. The van der Waals surface area contributed by atoms with Crippen LogP contribution >= 0.6 is 11.3 Å². The molecule has 0 radical (unpaired) electrons.